The van der Waals surface area contributed by atoms with E-state index in [0.29, 0.717) is 6.61 Å². The van der Waals surface area contributed by atoms with E-state index in [1.165, 1.54) is 5.56 Å². The molecule has 0 bridgehead atoms. The molecule has 0 aliphatic rings. The summed E-state index contributed by atoms with van der Waals surface area (Å²) in [6, 6.07) is 5.66. The van der Waals surface area contributed by atoms with Crippen LogP contribution in [0.2, 0.25) is 0 Å². The second kappa shape index (κ2) is 8.51. The standard InChI is InChI=1S/C13H18BrNO2.ClH/c1-3-9-5-6-10(7-11(9)14)12(15)8-13(16)17-4-2;/h5-7,12H,3-4,8,15H2,1-2H3;1H. The van der Waals surface area contributed by atoms with Crippen LogP contribution in [-0.4, -0.2) is 12.6 Å². The highest BCUT2D eigenvalue weighted by molar-refractivity contribution is 9.10. The van der Waals surface area contributed by atoms with Gasteiger partial charge in [0, 0.05) is 10.5 Å². The number of carbonyl (C=O) groups is 1. The normalized spacial score (nSPS) is 11.6. The number of ether oxygens (including phenoxy) is 1. The topological polar surface area (TPSA) is 52.3 Å². The summed E-state index contributed by atoms with van der Waals surface area (Å²) >= 11 is 3.50. The molecule has 0 radical (unpaired) electrons. The van der Waals surface area contributed by atoms with Crippen molar-refractivity contribution in [2.45, 2.75) is 32.7 Å². The van der Waals surface area contributed by atoms with Crippen molar-refractivity contribution in [2.24, 2.45) is 5.73 Å². The Bertz CT molecular complexity index is 399. The van der Waals surface area contributed by atoms with Crippen molar-refractivity contribution in [1.82, 2.24) is 0 Å². The van der Waals surface area contributed by atoms with E-state index in [-0.39, 0.29) is 30.8 Å². The van der Waals surface area contributed by atoms with Crippen molar-refractivity contribution in [3.63, 3.8) is 0 Å². The average molecular weight is 337 g/mol. The van der Waals surface area contributed by atoms with Crippen molar-refractivity contribution in [2.75, 3.05) is 6.61 Å². The van der Waals surface area contributed by atoms with E-state index in [4.69, 9.17) is 10.5 Å². The number of hydrogen-bond donors (Lipinski definition) is 1. The third-order valence-corrected chi connectivity index (χ3v) is 3.32. The van der Waals surface area contributed by atoms with Crippen LogP contribution in [0.4, 0.5) is 0 Å². The number of benzene rings is 1. The van der Waals surface area contributed by atoms with Crippen LogP contribution in [0.15, 0.2) is 22.7 Å². The van der Waals surface area contributed by atoms with Gasteiger partial charge in [-0.2, -0.15) is 0 Å². The summed E-state index contributed by atoms with van der Waals surface area (Å²) in [4.78, 5) is 11.3. The minimum atomic E-state index is -0.309. The lowest BCUT2D eigenvalue weighted by Crippen LogP contribution is -2.17. The Labute approximate surface area is 123 Å². The Balaban J connectivity index is 0.00000289. The Morgan fingerprint density at radius 2 is 2.11 bits per heavy atom. The van der Waals surface area contributed by atoms with Gasteiger partial charge in [0.05, 0.1) is 13.0 Å². The maximum atomic E-state index is 11.3. The first kappa shape index (κ1) is 17.4. The van der Waals surface area contributed by atoms with Gasteiger partial charge in [-0.05, 0) is 30.5 Å². The monoisotopic (exact) mass is 335 g/mol. The van der Waals surface area contributed by atoms with E-state index >= 15 is 0 Å². The smallest absolute Gasteiger partial charge is 0.307 e. The van der Waals surface area contributed by atoms with Gasteiger partial charge in [-0.3, -0.25) is 4.79 Å². The number of rotatable bonds is 5. The highest BCUT2D eigenvalue weighted by atomic mass is 79.9. The molecule has 1 unspecified atom stereocenters. The van der Waals surface area contributed by atoms with Gasteiger partial charge >= 0.3 is 5.97 Å². The molecular formula is C13H19BrClNO2. The van der Waals surface area contributed by atoms with Gasteiger partial charge in [0.2, 0.25) is 0 Å². The van der Waals surface area contributed by atoms with Gasteiger partial charge in [-0.25, -0.2) is 0 Å². The lowest BCUT2D eigenvalue weighted by molar-refractivity contribution is -0.143. The molecular weight excluding hydrogens is 318 g/mol. The molecule has 0 aliphatic heterocycles. The summed E-state index contributed by atoms with van der Waals surface area (Å²) in [5.74, 6) is -0.254. The number of aryl methyl sites for hydroxylation is 1. The average Bonchev–Trinajstić information content (AvgIpc) is 2.29. The Kier molecular flexibility index (Phi) is 8.24. The van der Waals surface area contributed by atoms with Gasteiger partial charge in [0.25, 0.3) is 0 Å². The van der Waals surface area contributed by atoms with E-state index in [2.05, 4.69) is 22.9 Å². The molecule has 0 amide bonds. The fourth-order valence-electron chi connectivity index (χ4n) is 1.60. The number of hydrogen-bond acceptors (Lipinski definition) is 3. The Morgan fingerprint density at radius 3 is 2.61 bits per heavy atom. The largest absolute Gasteiger partial charge is 0.466 e. The molecule has 18 heavy (non-hydrogen) atoms. The predicted octanol–water partition coefficient (Wildman–Crippen LogP) is 3.39. The molecule has 0 spiro atoms. The molecule has 1 atom stereocenters. The maximum Gasteiger partial charge on any atom is 0.307 e. The first-order chi connectivity index (χ1) is 8.08. The summed E-state index contributed by atoms with van der Waals surface area (Å²) in [6.45, 7) is 4.28. The van der Waals surface area contributed by atoms with Gasteiger partial charge in [0.1, 0.15) is 0 Å². The zero-order valence-electron chi connectivity index (χ0n) is 10.6. The van der Waals surface area contributed by atoms with Crippen LogP contribution in [-0.2, 0) is 16.0 Å². The molecule has 2 N–H and O–H groups in total. The van der Waals surface area contributed by atoms with E-state index in [0.717, 1.165) is 16.5 Å². The minimum absolute atomic E-state index is 0. The molecule has 0 fully saturated rings. The van der Waals surface area contributed by atoms with Crippen LogP contribution >= 0.6 is 28.3 Å². The lowest BCUT2D eigenvalue weighted by Gasteiger charge is -2.13. The molecule has 0 aliphatic carbocycles. The van der Waals surface area contributed by atoms with Gasteiger partial charge < -0.3 is 10.5 Å². The molecule has 0 saturated heterocycles. The summed E-state index contributed by atoms with van der Waals surface area (Å²) in [7, 11) is 0. The summed E-state index contributed by atoms with van der Waals surface area (Å²) < 4.78 is 5.92. The van der Waals surface area contributed by atoms with Crippen molar-refractivity contribution >= 4 is 34.3 Å². The molecule has 1 rings (SSSR count). The molecule has 1 aromatic rings. The van der Waals surface area contributed by atoms with E-state index in [1.54, 1.807) is 6.92 Å². The van der Waals surface area contributed by atoms with E-state index < -0.39 is 0 Å². The maximum absolute atomic E-state index is 11.3. The summed E-state index contributed by atoms with van der Waals surface area (Å²) in [5.41, 5.74) is 8.14. The molecule has 3 nitrogen and oxygen atoms in total. The first-order valence-electron chi connectivity index (χ1n) is 5.78. The quantitative estimate of drug-likeness (QED) is 0.839. The van der Waals surface area contributed by atoms with Crippen molar-refractivity contribution in [3.8, 4) is 0 Å². The van der Waals surface area contributed by atoms with Crippen LogP contribution in [0.3, 0.4) is 0 Å². The van der Waals surface area contributed by atoms with Crippen LogP contribution in [0.5, 0.6) is 0 Å². The van der Waals surface area contributed by atoms with Crippen LogP contribution < -0.4 is 5.73 Å². The second-order valence-corrected chi connectivity index (χ2v) is 4.67. The van der Waals surface area contributed by atoms with Crippen LogP contribution in [0.1, 0.15) is 37.4 Å². The summed E-state index contributed by atoms with van der Waals surface area (Å²) in [6.07, 6.45) is 1.18. The van der Waals surface area contributed by atoms with E-state index in [1.807, 2.05) is 18.2 Å². The highest BCUT2D eigenvalue weighted by Gasteiger charge is 2.13. The fraction of sp³-hybridized carbons (Fsp3) is 0.462. The van der Waals surface area contributed by atoms with Crippen molar-refractivity contribution < 1.29 is 9.53 Å². The molecule has 102 valence electrons. The third kappa shape index (κ3) is 4.96. The van der Waals surface area contributed by atoms with Crippen LogP contribution in [0.25, 0.3) is 0 Å². The molecule has 5 heteroatoms. The van der Waals surface area contributed by atoms with Gasteiger partial charge in [0.15, 0.2) is 0 Å². The second-order valence-electron chi connectivity index (χ2n) is 3.82. The van der Waals surface area contributed by atoms with Gasteiger partial charge in [-0.1, -0.05) is 35.0 Å². The number of esters is 1. The zero-order valence-corrected chi connectivity index (χ0v) is 13.0. The predicted molar refractivity (Wildman–Crippen MR) is 78.9 cm³/mol. The van der Waals surface area contributed by atoms with Crippen LogP contribution in [0, 0.1) is 0 Å². The van der Waals surface area contributed by atoms with Crippen molar-refractivity contribution in [1.29, 1.82) is 0 Å². The molecule has 0 saturated carbocycles. The minimum Gasteiger partial charge on any atom is -0.466 e. The Morgan fingerprint density at radius 1 is 1.44 bits per heavy atom. The third-order valence-electron chi connectivity index (χ3n) is 2.58. The first-order valence-corrected chi connectivity index (χ1v) is 6.57. The number of halogens is 2. The molecule has 0 aromatic heterocycles. The number of nitrogens with two attached hydrogens (primary N) is 1. The van der Waals surface area contributed by atoms with Crippen molar-refractivity contribution in [3.05, 3.63) is 33.8 Å². The highest BCUT2D eigenvalue weighted by Crippen LogP contribution is 2.23. The lowest BCUT2D eigenvalue weighted by atomic mass is 10.0. The fourth-order valence-corrected chi connectivity index (χ4v) is 2.28. The Hall–Kier alpha value is -0.580. The van der Waals surface area contributed by atoms with E-state index in [9.17, 15) is 4.79 Å². The summed E-state index contributed by atoms with van der Waals surface area (Å²) in [5, 5.41) is 0. The number of carbonyl (C=O) groups excluding carboxylic acids is 1. The molecule has 0 heterocycles. The SMILES string of the molecule is CCOC(=O)CC(N)c1ccc(CC)c(Br)c1.Cl. The van der Waals surface area contributed by atoms with Gasteiger partial charge in [-0.15, -0.1) is 12.4 Å². The zero-order chi connectivity index (χ0) is 12.8. The molecule has 1 aromatic carbocycles.